The standard InChI is InChI=1S/C15H24N4.2ClH/c1-16-14-13(4-2-7-18-14)10-19-9-3-5-15(12-19)6-8-17-11-15;;/h2,4,7,17H,3,5-6,8-12H2,1H3,(H,16,18);2*1H. The molecule has 1 aromatic rings. The molecule has 2 N–H and O–H groups in total. The van der Waals surface area contributed by atoms with Crippen LogP contribution in [0, 0.1) is 5.41 Å². The molecule has 1 unspecified atom stereocenters. The van der Waals surface area contributed by atoms with E-state index in [0.29, 0.717) is 5.41 Å². The second-order valence-corrected chi connectivity index (χ2v) is 6.00. The van der Waals surface area contributed by atoms with E-state index in [1.54, 1.807) is 0 Å². The van der Waals surface area contributed by atoms with Gasteiger partial charge in [-0.25, -0.2) is 4.98 Å². The minimum atomic E-state index is 0. The summed E-state index contributed by atoms with van der Waals surface area (Å²) in [5, 5.41) is 6.73. The van der Waals surface area contributed by atoms with Gasteiger partial charge in [0, 0.05) is 38.4 Å². The molecule has 2 aliphatic rings. The van der Waals surface area contributed by atoms with Gasteiger partial charge in [0.05, 0.1) is 0 Å². The minimum Gasteiger partial charge on any atom is -0.373 e. The predicted octanol–water partition coefficient (Wildman–Crippen LogP) is 2.54. The van der Waals surface area contributed by atoms with Gasteiger partial charge in [-0.3, -0.25) is 4.90 Å². The molecule has 0 radical (unpaired) electrons. The van der Waals surface area contributed by atoms with Crippen molar-refractivity contribution in [2.75, 3.05) is 38.5 Å². The summed E-state index contributed by atoms with van der Waals surface area (Å²) in [7, 11) is 1.95. The third-order valence-corrected chi connectivity index (χ3v) is 4.59. The summed E-state index contributed by atoms with van der Waals surface area (Å²) in [5.41, 5.74) is 1.85. The first kappa shape index (κ1) is 18.5. The maximum atomic E-state index is 4.40. The molecular formula is C15H26Cl2N4. The van der Waals surface area contributed by atoms with Crippen molar-refractivity contribution < 1.29 is 0 Å². The van der Waals surface area contributed by atoms with Crippen molar-refractivity contribution in [1.82, 2.24) is 15.2 Å². The fourth-order valence-corrected chi connectivity index (χ4v) is 3.62. The molecule has 0 saturated carbocycles. The van der Waals surface area contributed by atoms with Crippen molar-refractivity contribution in [2.45, 2.75) is 25.8 Å². The Morgan fingerprint density at radius 1 is 1.38 bits per heavy atom. The molecule has 3 heterocycles. The number of anilines is 1. The zero-order valence-electron chi connectivity index (χ0n) is 12.6. The minimum absolute atomic E-state index is 0. The number of likely N-dealkylation sites (tertiary alicyclic amines) is 1. The van der Waals surface area contributed by atoms with Crippen molar-refractivity contribution >= 4 is 30.6 Å². The average molecular weight is 333 g/mol. The lowest BCUT2D eigenvalue weighted by Gasteiger charge is -2.40. The molecule has 0 bridgehead atoms. The number of pyridine rings is 1. The Balaban J connectivity index is 0.00000110. The molecule has 3 rings (SSSR count). The third kappa shape index (κ3) is 4.22. The smallest absolute Gasteiger partial charge is 0.130 e. The summed E-state index contributed by atoms with van der Waals surface area (Å²) < 4.78 is 0. The number of aromatic nitrogens is 1. The van der Waals surface area contributed by atoms with Gasteiger partial charge in [0.25, 0.3) is 0 Å². The van der Waals surface area contributed by atoms with E-state index in [1.807, 2.05) is 19.3 Å². The molecule has 1 aromatic heterocycles. The molecular weight excluding hydrogens is 307 g/mol. The molecule has 1 atom stereocenters. The fraction of sp³-hybridized carbons (Fsp3) is 0.667. The number of nitrogens with one attached hydrogen (secondary N) is 2. The van der Waals surface area contributed by atoms with Gasteiger partial charge in [0.15, 0.2) is 0 Å². The van der Waals surface area contributed by atoms with Crippen LogP contribution in [0.3, 0.4) is 0 Å². The highest BCUT2D eigenvalue weighted by molar-refractivity contribution is 5.85. The molecule has 0 aliphatic carbocycles. The van der Waals surface area contributed by atoms with E-state index >= 15 is 0 Å². The van der Waals surface area contributed by atoms with E-state index in [9.17, 15) is 0 Å². The first-order valence-electron chi connectivity index (χ1n) is 7.36. The quantitative estimate of drug-likeness (QED) is 0.892. The summed E-state index contributed by atoms with van der Waals surface area (Å²) in [6.07, 6.45) is 5.92. The van der Waals surface area contributed by atoms with Crippen LogP contribution in [-0.4, -0.2) is 43.1 Å². The maximum Gasteiger partial charge on any atom is 0.130 e. The van der Waals surface area contributed by atoms with Crippen LogP contribution in [0.1, 0.15) is 24.8 Å². The maximum absolute atomic E-state index is 4.40. The molecule has 1 spiro atoms. The number of hydrogen-bond donors (Lipinski definition) is 2. The average Bonchev–Trinajstić information content (AvgIpc) is 2.87. The van der Waals surface area contributed by atoms with E-state index < -0.39 is 0 Å². The first-order chi connectivity index (χ1) is 9.31. The van der Waals surface area contributed by atoms with Gasteiger partial charge in [-0.1, -0.05) is 6.07 Å². The van der Waals surface area contributed by atoms with Gasteiger partial charge in [-0.2, -0.15) is 0 Å². The number of piperidine rings is 1. The van der Waals surface area contributed by atoms with Gasteiger partial charge in [-0.15, -0.1) is 24.8 Å². The van der Waals surface area contributed by atoms with Crippen molar-refractivity contribution in [1.29, 1.82) is 0 Å². The second kappa shape index (κ2) is 8.18. The number of halogens is 2. The van der Waals surface area contributed by atoms with Crippen LogP contribution in [0.4, 0.5) is 5.82 Å². The summed E-state index contributed by atoms with van der Waals surface area (Å²) in [6.45, 7) is 5.88. The Kier molecular flexibility index (Phi) is 7.21. The normalized spacial score (nSPS) is 25.2. The Labute approximate surface area is 139 Å². The lowest BCUT2D eigenvalue weighted by atomic mass is 9.79. The Bertz CT molecular complexity index is 435. The number of hydrogen-bond acceptors (Lipinski definition) is 4. The molecule has 2 fully saturated rings. The third-order valence-electron chi connectivity index (χ3n) is 4.59. The van der Waals surface area contributed by atoms with Crippen molar-refractivity contribution in [3.8, 4) is 0 Å². The Morgan fingerprint density at radius 2 is 2.24 bits per heavy atom. The topological polar surface area (TPSA) is 40.2 Å². The van der Waals surface area contributed by atoms with Crippen LogP contribution in [0.25, 0.3) is 0 Å². The van der Waals surface area contributed by atoms with Gasteiger partial charge in [0.1, 0.15) is 5.82 Å². The first-order valence-corrected chi connectivity index (χ1v) is 7.36. The Morgan fingerprint density at radius 3 is 2.95 bits per heavy atom. The van der Waals surface area contributed by atoms with E-state index in [2.05, 4.69) is 26.6 Å². The van der Waals surface area contributed by atoms with Crippen molar-refractivity contribution in [3.63, 3.8) is 0 Å². The van der Waals surface area contributed by atoms with Crippen LogP contribution in [0.15, 0.2) is 18.3 Å². The summed E-state index contributed by atoms with van der Waals surface area (Å²) in [4.78, 5) is 7.01. The summed E-state index contributed by atoms with van der Waals surface area (Å²) in [6, 6.07) is 4.22. The van der Waals surface area contributed by atoms with Gasteiger partial charge < -0.3 is 10.6 Å². The van der Waals surface area contributed by atoms with Gasteiger partial charge >= 0.3 is 0 Å². The van der Waals surface area contributed by atoms with E-state index in [4.69, 9.17) is 0 Å². The van der Waals surface area contributed by atoms with E-state index in [1.165, 1.54) is 51.0 Å². The van der Waals surface area contributed by atoms with Crippen LogP contribution in [-0.2, 0) is 6.54 Å². The van der Waals surface area contributed by atoms with E-state index in [-0.39, 0.29) is 24.8 Å². The largest absolute Gasteiger partial charge is 0.373 e. The Hall–Kier alpha value is -0.550. The molecule has 0 aromatic carbocycles. The number of rotatable bonds is 3. The molecule has 21 heavy (non-hydrogen) atoms. The van der Waals surface area contributed by atoms with Gasteiger partial charge in [0.2, 0.25) is 0 Å². The monoisotopic (exact) mass is 332 g/mol. The highest BCUT2D eigenvalue weighted by Gasteiger charge is 2.37. The van der Waals surface area contributed by atoms with Crippen LogP contribution in [0.5, 0.6) is 0 Å². The highest BCUT2D eigenvalue weighted by atomic mass is 35.5. The zero-order valence-corrected chi connectivity index (χ0v) is 14.2. The van der Waals surface area contributed by atoms with Crippen LogP contribution in [0.2, 0.25) is 0 Å². The second-order valence-electron chi connectivity index (χ2n) is 6.00. The highest BCUT2D eigenvalue weighted by Crippen LogP contribution is 2.36. The lowest BCUT2D eigenvalue weighted by molar-refractivity contribution is 0.0979. The van der Waals surface area contributed by atoms with Crippen LogP contribution >= 0.6 is 24.8 Å². The summed E-state index contributed by atoms with van der Waals surface area (Å²) >= 11 is 0. The summed E-state index contributed by atoms with van der Waals surface area (Å²) in [5.74, 6) is 1.02. The zero-order chi connectivity index (χ0) is 13.1. The fourth-order valence-electron chi connectivity index (χ4n) is 3.62. The SMILES string of the molecule is CNc1ncccc1CN1CCCC2(CCNC2)C1.Cl.Cl. The lowest BCUT2D eigenvalue weighted by Crippen LogP contribution is -2.44. The molecule has 4 nitrogen and oxygen atoms in total. The van der Waals surface area contributed by atoms with Crippen LogP contribution < -0.4 is 10.6 Å². The predicted molar refractivity (Wildman–Crippen MR) is 92.7 cm³/mol. The molecule has 2 saturated heterocycles. The van der Waals surface area contributed by atoms with Crippen molar-refractivity contribution in [2.24, 2.45) is 5.41 Å². The molecule has 6 heteroatoms. The molecule has 2 aliphatic heterocycles. The number of nitrogens with zero attached hydrogens (tertiary/aromatic N) is 2. The van der Waals surface area contributed by atoms with Crippen molar-refractivity contribution in [3.05, 3.63) is 23.9 Å². The van der Waals surface area contributed by atoms with Gasteiger partial charge in [-0.05, 0) is 43.8 Å². The molecule has 120 valence electrons. The molecule has 0 amide bonds. The van der Waals surface area contributed by atoms with E-state index in [0.717, 1.165) is 12.4 Å².